The van der Waals surface area contributed by atoms with Gasteiger partial charge in [0.1, 0.15) is 12.2 Å². The molecule has 0 saturated heterocycles. The Morgan fingerprint density at radius 3 is 2.81 bits per heavy atom. The number of unbranched alkanes of at least 4 members (excludes halogenated alkanes) is 1. The molecule has 0 N–H and O–H groups in total. The molecule has 0 spiro atoms. The van der Waals surface area contributed by atoms with Crippen molar-refractivity contribution < 1.29 is 9.53 Å². The summed E-state index contributed by atoms with van der Waals surface area (Å²) in [4.78, 5) is 16.4. The van der Waals surface area contributed by atoms with Crippen LogP contribution in [0, 0.1) is 5.92 Å². The minimum Gasteiger partial charge on any atom is -0.465 e. The van der Waals surface area contributed by atoms with Gasteiger partial charge in [0.15, 0.2) is 5.82 Å². The molecular weight excluding hydrogens is 266 g/mol. The van der Waals surface area contributed by atoms with Crippen molar-refractivity contribution in [3.63, 3.8) is 0 Å². The Morgan fingerprint density at radius 1 is 1.43 bits per heavy atom. The fourth-order valence-electron chi connectivity index (χ4n) is 2.40. The molecule has 1 atom stereocenters. The van der Waals surface area contributed by atoms with Crippen LogP contribution in [0.4, 0.5) is 0 Å². The molecule has 2 rings (SSSR count). The van der Waals surface area contributed by atoms with E-state index < -0.39 is 0 Å². The quantitative estimate of drug-likeness (QED) is 0.657. The Morgan fingerprint density at radius 2 is 2.19 bits per heavy atom. The summed E-state index contributed by atoms with van der Waals surface area (Å²) in [7, 11) is 1.84. The second kappa shape index (κ2) is 7.57. The topological polar surface area (TPSA) is 57.0 Å². The van der Waals surface area contributed by atoms with Gasteiger partial charge in [0.05, 0.1) is 6.61 Å². The van der Waals surface area contributed by atoms with Crippen LogP contribution in [-0.4, -0.2) is 27.3 Å². The smallest absolute Gasteiger partial charge is 0.313 e. The van der Waals surface area contributed by atoms with Crippen LogP contribution in [0.15, 0.2) is 0 Å². The maximum atomic E-state index is 12.0. The molecule has 0 bridgehead atoms. The average molecular weight is 293 g/mol. The van der Waals surface area contributed by atoms with Crippen LogP contribution in [0.3, 0.4) is 0 Å². The van der Waals surface area contributed by atoms with Crippen molar-refractivity contribution in [2.24, 2.45) is 13.0 Å². The number of nitrogens with zero attached hydrogens (tertiary/aromatic N) is 3. The molecule has 21 heavy (non-hydrogen) atoms. The summed E-state index contributed by atoms with van der Waals surface area (Å²) in [6, 6.07) is 0. The summed E-state index contributed by atoms with van der Waals surface area (Å²) in [5.74, 6) is 2.40. The standard InChI is InChI=1S/C16H27N3O2/c1-4-6-7-12(5-2)11-21-15(20)10-14-17-16(13-8-9-13)18-19(14)3/h12-13H,4-11H2,1-3H3. The average Bonchev–Trinajstić information content (AvgIpc) is 3.25. The van der Waals surface area contributed by atoms with Crippen molar-refractivity contribution in [1.82, 2.24) is 14.8 Å². The highest BCUT2D eigenvalue weighted by molar-refractivity contribution is 5.71. The summed E-state index contributed by atoms with van der Waals surface area (Å²) in [5.41, 5.74) is 0. The van der Waals surface area contributed by atoms with Crippen LogP contribution < -0.4 is 0 Å². The van der Waals surface area contributed by atoms with Gasteiger partial charge in [-0.1, -0.05) is 33.1 Å². The van der Waals surface area contributed by atoms with Crippen LogP contribution in [0.1, 0.15) is 69.9 Å². The molecule has 0 radical (unpaired) electrons. The lowest BCUT2D eigenvalue weighted by molar-refractivity contribution is -0.144. The van der Waals surface area contributed by atoms with E-state index in [2.05, 4.69) is 23.9 Å². The summed E-state index contributed by atoms with van der Waals surface area (Å²) >= 11 is 0. The van der Waals surface area contributed by atoms with Gasteiger partial charge in [-0.15, -0.1) is 0 Å². The van der Waals surface area contributed by atoms with Gasteiger partial charge in [-0.05, 0) is 25.2 Å². The SMILES string of the molecule is CCCCC(CC)COC(=O)Cc1nc(C2CC2)nn1C. The molecule has 1 unspecified atom stereocenters. The zero-order chi connectivity index (χ0) is 15.2. The maximum absolute atomic E-state index is 12.0. The second-order valence-electron chi connectivity index (χ2n) is 6.06. The fraction of sp³-hybridized carbons (Fsp3) is 0.812. The highest BCUT2D eigenvalue weighted by Crippen LogP contribution is 2.38. The lowest BCUT2D eigenvalue weighted by Crippen LogP contribution is -2.17. The molecule has 1 aliphatic carbocycles. The molecule has 5 nitrogen and oxygen atoms in total. The van der Waals surface area contributed by atoms with Gasteiger partial charge < -0.3 is 4.74 Å². The Kier molecular flexibility index (Phi) is 5.76. The lowest BCUT2D eigenvalue weighted by Gasteiger charge is -2.14. The van der Waals surface area contributed by atoms with E-state index in [1.807, 2.05) is 7.05 Å². The molecule has 0 aromatic carbocycles. The fourth-order valence-corrected chi connectivity index (χ4v) is 2.40. The van der Waals surface area contributed by atoms with E-state index in [1.165, 1.54) is 25.7 Å². The molecular formula is C16H27N3O2. The van der Waals surface area contributed by atoms with E-state index in [-0.39, 0.29) is 12.4 Å². The van der Waals surface area contributed by atoms with Crippen LogP contribution >= 0.6 is 0 Å². The molecule has 1 fully saturated rings. The number of carbonyl (C=O) groups excluding carboxylic acids is 1. The maximum Gasteiger partial charge on any atom is 0.313 e. The third-order valence-corrected chi connectivity index (χ3v) is 4.14. The van der Waals surface area contributed by atoms with Crippen LogP contribution in [0.25, 0.3) is 0 Å². The minimum absolute atomic E-state index is 0.192. The van der Waals surface area contributed by atoms with E-state index in [1.54, 1.807) is 4.68 Å². The number of ether oxygens (including phenoxy) is 1. The normalized spacial score (nSPS) is 16.0. The van der Waals surface area contributed by atoms with Gasteiger partial charge in [-0.2, -0.15) is 5.10 Å². The van der Waals surface area contributed by atoms with Crippen LogP contribution in [0.2, 0.25) is 0 Å². The van der Waals surface area contributed by atoms with E-state index in [0.717, 1.165) is 18.7 Å². The van der Waals surface area contributed by atoms with Crippen molar-refractivity contribution in [3.8, 4) is 0 Å². The van der Waals surface area contributed by atoms with E-state index in [0.29, 0.717) is 24.3 Å². The predicted molar refractivity (Wildman–Crippen MR) is 80.9 cm³/mol. The van der Waals surface area contributed by atoms with E-state index >= 15 is 0 Å². The summed E-state index contributed by atoms with van der Waals surface area (Å²) in [6.45, 7) is 4.87. The van der Waals surface area contributed by atoms with Gasteiger partial charge in [0.25, 0.3) is 0 Å². The van der Waals surface area contributed by atoms with Crippen molar-refractivity contribution in [2.45, 2.75) is 64.7 Å². The molecule has 118 valence electrons. The van der Waals surface area contributed by atoms with Gasteiger partial charge in [0, 0.05) is 13.0 Å². The summed E-state index contributed by atoms with van der Waals surface area (Å²) in [5, 5.41) is 4.38. The van der Waals surface area contributed by atoms with Gasteiger partial charge in [-0.3, -0.25) is 9.48 Å². The lowest BCUT2D eigenvalue weighted by atomic mass is 10.0. The first kappa shape index (κ1) is 16.0. The van der Waals surface area contributed by atoms with Crippen molar-refractivity contribution >= 4 is 5.97 Å². The number of rotatable bonds is 9. The van der Waals surface area contributed by atoms with Crippen LogP contribution in [0.5, 0.6) is 0 Å². The zero-order valence-electron chi connectivity index (χ0n) is 13.5. The largest absolute Gasteiger partial charge is 0.465 e. The van der Waals surface area contributed by atoms with Crippen LogP contribution in [-0.2, 0) is 23.0 Å². The van der Waals surface area contributed by atoms with Gasteiger partial charge in [0.2, 0.25) is 0 Å². The van der Waals surface area contributed by atoms with Crippen molar-refractivity contribution in [1.29, 1.82) is 0 Å². The molecule has 1 aliphatic rings. The monoisotopic (exact) mass is 293 g/mol. The first-order chi connectivity index (χ1) is 10.1. The predicted octanol–water partition coefficient (Wildman–Crippen LogP) is 2.99. The zero-order valence-corrected chi connectivity index (χ0v) is 13.5. The molecule has 5 heteroatoms. The molecule has 0 amide bonds. The molecule has 1 saturated carbocycles. The number of hydrogen-bond acceptors (Lipinski definition) is 4. The second-order valence-corrected chi connectivity index (χ2v) is 6.06. The third kappa shape index (κ3) is 4.83. The van der Waals surface area contributed by atoms with E-state index in [9.17, 15) is 4.79 Å². The number of aryl methyl sites for hydroxylation is 1. The van der Waals surface area contributed by atoms with Gasteiger partial charge >= 0.3 is 5.97 Å². The highest BCUT2D eigenvalue weighted by atomic mass is 16.5. The number of aromatic nitrogens is 3. The number of esters is 1. The van der Waals surface area contributed by atoms with Crippen molar-refractivity contribution in [3.05, 3.63) is 11.6 Å². The Labute approximate surface area is 127 Å². The molecule has 1 heterocycles. The Bertz CT molecular complexity index is 466. The Balaban J connectivity index is 1.78. The number of carbonyl (C=O) groups is 1. The minimum atomic E-state index is -0.192. The molecule has 1 aromatic rings. The highest BCUT2D eigenvalue weighted by Gasteiger charge is 2.28. The summed E-state index contributed by atoms with van der Waals surface area (Å²) < 4.78 is 7.13. The molecule has 1 aromatic heterocycles. The molecule has 0 aliphatic heterocycles. The summed E-state index contributed by atoms with van der Waals surface area (Å²) in [6.07, 6.45) is 7.14. The Hall–Kier alpha value is -1.39. The third-order valence-electron chi connectivity index (χ3n) is 4.14. The first-order valence-corrected chi connectivity index (χ1v) is 8.19. The first-order valence-electron chi connectivity index (χ1n) is 8.19. The van der Waals surface area contributed by atoms with Gasteiger partial charge in [-0.25, -0.2) is 4.98 Å². The van der Waals surface area contributed by atoms with E-state index in [4.69, 9.17) is 4.74 Å². The van der Waals surface area contributed by atoms with Crippen molar-refractivity contribution in [2.75, 3.05) is 6.61 Å². The number of hydrogen-bond donors (Lipinski definition) is 0.